The third-order valence-electron chi connectivity index (χ3n) is 3.30. The number of nitrogens with one attached hydrogen (secondary N) is 1. The molecule has 0 spiro atoms. The number of anilines is 1. The van der Waals surface area contributed by atoms with E-state index in [1.54, 1.807) is 6.20 Å². The van der Waals surface area contributed by atoms with Gasteiger partial charge >= 0.3 is 0 Å². The number of rotatable bonds is 6. The molecule has 0 atom stereocenters. The maximum absolute atomic E-state index is 5.32. The molecule has 3 rings (SSSR count). The lowest BCUT2D eigenvalue weighted by Crippen LogP contribution is -2.08. The van der Waals surface area contributed by atoms with Crippen LogP contribution in [0.3, 0.4) is 0 Å². The smallest absolute Gasteiger partial charge is 0.181 e. The summed E-state index contributed by atoms with van der Waals surface area (Å²) in [5.74, 6) is 1.81. The first kappa shape index (κ1) is 13.4. The molecule has 1 aromatic carbocycles. The lowest BCUT2D eigenvalue weighted by Gasteiger charge is -2.09. The average molecular weight is 282 g/mol. The van der Waals surface area contributed by atoms with E-state index in [0.717, 1.165) is 35.8 Å². The van der Waals surface area contributed by atoms with Gasteiger partial charge in [0.15, 0.2) is 12.2 Å². The van der Waals surface area contributed by atoms with Gasteiger partial charge in [0.1, 0.15) is 5.82 Å². The summed E-state index contributed by atoms with van der Waals surface area (Å²) in [5, 5.41) is 3.40. The molecule has 2 heterocycles. The molecule has 0 amide bonds. The predicted octanol–water partition coefficient (Wildman–Crippen LogP) is 3.56. The third kappa shape index (κ3) is 3.13. The van der Waals surface area contributed by atoms with Crippen molar-refractivity contribution in [3.8, 4) is 11.3 Å². The standard InChI is InChI=1S/C16H18N4O/c1-2-7-20-8-6-18-16(20)11-19-14-5-3-4-13(9-14)15-10-17-12-21-15/h3-6,8-10,12,19H,2,7,11H2,1H3. The van der Waals surface area contributed by atoms with Gasteiger partial charge in [-0.25, -0.2) is 9.97 Å². The van der Waals surface area contributed by atoms with Crippen LogP contribution in [0.1, 0.15) is 19.2 Å². The van der Waals surface area contributed by atoms with Gasteiger partial charge in [0, 0.05) is 30.2 Å². The van der Waals surface area contributed by atoms with Gasteiger partial charge < -0.3 is 14.3 Å². The minimum Gasteiger partial charge on any atom is -0.444 e. The predicted molar refractivity (Wildman–Crippen MR) is 81.8 cm³/mol. The summed E-state index contributed by atoms with van der Waals surface area (Å²) in [4.78, 5) is 8.34. The van der Waals surface area contributed by atoms with Crippen LogP contribution < -0.4 is 5.32 Å². The Morgan fingerprint density at radius 2 is 2.29 bits per heavy atom. The molecule has 0 saturated heterocycles. The molecule has 0 bridgehead atoms. The summed E-state index contributed by atoms with van der Waals surface area (Å²) in [6.07, 6.45) is 8.12. The average Bonchev–Trinajstić information content (AvgIpc) is 3.18. The van der Waals surface area contributed by atoms with Crippen molar-refractivity contribution in [3.05, 3.63) is 55.1 Å². The van der Waals surface area contributed by atoms with Gasteiger partial charge in [0.2, 0.25) is 0 Å². The highest BCUT2D eigenvalue weighted by Gasteiger charge is 2.04. The fourth-order valence-corrected chi connectivity index (χ4v) is 2.27. The van der Waals surface area contributed by atoms with E-state index in [2.05, 4.69) is 26.8 Å². The van der Waals surface area contributed by atoms with Crippen LogP contribution in [0.25, 0.3) is 11.3 Å². The van der Waals surface area contributed by atoms with E-state index in [9.17, 15) is 0 Å². The molecule has 0 saturated carbocycles. The van der Waals surface area contributed by atoms with E-state index < -0.39 is 0 Å². The molecular weight excluding hydrogens is 264 g/mol. The van der Waals surface area contributed by atoms with Gasteiger partial charge in [-0.05, 0) is 18.6 Å². The number of oxazole rings is 1. The molecule has 0 unspecified atom stereocenters. The number of aromatic nitrogens is 3. The van der Waals surface area contributed by atoms with Crippen molar-refractivity contribution in [2.75, 3.05) is 5.32 Å². The summed E-state index contributed by atoms with van der Waals surface area (Å²) in [6, 6.07) is 8.09. The third-order valence-corrected chi connectivity index (χ3v) is 3.30. The lowest BCUT2D eigenvalue weighted by atomic mass is 10.1. The SMILES string of the molecule is CCCn1ccnc1CNc1cccc(-c2cnco2)c1. The van der Waals surface area contributed by atoms with Crippen LogP contribution in [-0.2, 0) is 13.1 Å². The minimum absolute atomic E-state index is 0.701. The van der Waals surface area contributed by atoms with Gasteiger partial charge in [0.05, 0.1) is 12.7 Å². The highest BCUT2D eigenvalue weighted by Crippen LogP contribution is 2.22. The molecule has 21 heavy (non-hydrogen) atoms. The summed E-state index contributed by atoms with van der Waals surface area (Å²) >= 11 is 0. The molecule has 5 heteroatoms. The zero-order valence-electron chi connectivity index (χ0n) is 12.0. The maximum atomic E-state index is 5.32. The number of imidazole rings is 1. The van der Waals surface area contributed by atoms with Crippen LogP contribution in [0.2, 0.25) is 0 Å². The number of aryl methyl sites for hydroxylation is 1. The van der Waals surface area contributed by atoms with Crippen LogP contribution in [0.15, 0.2) is 53.7 Å². The summed E-state index contributed by atoms with van der Waals surface area (Å²) in [5.41, 5.74) is 2.05. The van der Waals surface area contributed by atoms with Crippen molar-refractivity contribution in [1.82, 2.24) is 14.5 Å². The Morgan fingerprint density at radius 3 is 3.10 bits per heavy atom. The largest absolute Gasteiger partial charge is 0.444 e. The van der Waals surface area contributed by atoms with Crippen molar-refractivity contribution in [2.24, 2.45) is 0 Å². The zero-order chi connectivity index (χ0) is 14.5. The molecule has 2 aromatic heterocycles. The van der Waals surface area contributed by atoms with Gasteiger partial charge in [-0.15, -0.1) is 0 Å². The second-order valence-electron chi connectivity index (χ2n) is 4.84. The molecule has 3 aromatic rings. The highest BCUT2D eigenvalue weighted by atomic mass is 16.3. The van der Waals surface area contributed by atoms with Crippen molar-refractivity contribution in [1.29, 1.82) is 0 Å². The Hall–Kier alpha value is -2.56. The minimum atomic E-state index is 0.701. The number of hydrogen-bond acceptors (Lipinski definition) is 4. The molecular formula is C16H18N4O. The van der Waals surface area contributed by atoms with Crippen LogP contribution >= 0.6 is 0 Å². The fraction of sp³-hybridized carbons (Fsp3) is 0.250. The van der Waals surface area contributed by atoms with Crippen molar-refractivity contribution in [2.45, 2.75) is 26.4 Å². The van der Waals surface area contributed by atoms with Crippen molar-refractivity contribution >= 4 is 5.69 Å². The first-order valence-corrected chi connectivity index (χ1v) is 7.09. The van der Waals surface area contributed by atoms with E-state index in [4.69, 9.17) is 4.42 Å². The normalized spacial score (nSPS) is 10.7. The Balaban J connectivity index is 1.71. The van der Waals surface area contributed by atoms with E-state index >= 15 is 0 Å². The molecule has 5 nitrogen and oxygen atoms in total. The molecule has 0 radical (unpaired) electrons. The van der Waals surface area contributed by atoms with Crippen LogP contribution in [0, 0.1) is 0 Å². The Morgan fingerprint density at radius 1 is 1.33 bits per heavy atom. The summed E-state index contributed by atoms with van der Waals surface area (Å²) < 4.78 is 7.49. The van der Waals surface area contributed by atoms with Gasteiger partial charge in [0.25, 0.3) is 0 Å². The molecule has 0 aliphatic heterocycles. The van der Waals surface area contributed by atoms with Crippen LogP contribution in [0.5, 0.6) is 0 Å². The van der Waals surface area contributed by atoms with Crippen LogP contribution in [-0.4, -0.2) is 14.5 Å². The van der Waals surface area contributed by atoms with Gasteiger partial charge in [-0.3, -0.25) is 0 Å². The van der Waals surface area contributed by atoms with E-state index in [1.165, 1.54) is 6.39 Å². The molecule has 0 aliphatic rings. The molecule has 1 N–H and O–H groups in total. The van der Waals surface area contributed by atoms with E-state index in [0.29, 0.717) is 6.54 Å². The lowest BCUT2D eigenvalue weighted by molar-refractivity contribution is 0.572. The first-order valence-electron chi connectivity index (χ1n) is 7.09. The molecule has 0 fully saturated rings. The Labute approximate surface area is 123 Å². The molecule has 108 valence electrons. The summed E-state index contributed by atoms with van der Waals surface area (Å²) in [6.45, 7) is 3.86. The topological polar surface area (TPSA) is 55.9 Å². The highest BCUT2D eigenvalue weighted by molar-refractivity contribution is 5.63. The fourth-order valence-electron chi connectivity index (χ4n) is 2.27. The Kier molecular flexibility index (Phi) is 4.00. The van der Waals surface area contributed by atoms with Crippen molar-refractivity contribution < 1.29 is 4.42 Å². The second kappa shape index (κ2) is 6.26. The number of hydrogen-bond donors (Lipinski definition) is 1. The van der Waals surface area contributed by atoms with E-state index in [1.807, 2.05) is 36.7 Å². The second-order valence-corrected chi connectivity index (χ2v) is 4.84. The molecule has 0 aliphatic carbocycles. The van der Waals surface area contributed by atoms with Gasteiger partial charge in [-0.2, -0.15) is 0 Å². The first-order chi connectivity index (χ1) is 10.4. The van der Waals surface area contributed by atoms with Crippen LogP contribution in [0.4, 0.5) is 5.69 Å². The number of nitrogens with zero attached hydrogens (tertiary/aromatic N) is 3. The monoisotopic (exact) mass is 282 g/mol. The summed E-state index contributed by atoms with van der Waals surface area (Å²) in [7, 11) is 0. The Bertz CT molecular complexity index is 688. The number of benzene rings is 1. The van der Waals surface area contributed by atoms with E-state index in [-0.39, 0.29) is 0 Å². The van der Waals surface area contributed by atoms with Gasteiger partial charge in [-0.1, -0.05) is 19.1 Å². The zero-order valence-corrected chi connectivity index (χ0v) is 12.0. The maximum Gasteiger partial charge on any atom is 0.181 e. The van der Waals surface area contributed by atoms with Crippen molar-refractivity contribution in [3.63, 3.8) is 0 Å². The quantitative estimate of drug-likeness (QED) is 0.751.